The van der Waals surface area contributed by atoms with Gasteiger partial charge in [0, 0.05) is 18.7 Å². The zero-order valence-electron chi connectivity index (χ0n) is 15.4. The highest BCUT2D eigenvalue weighted by Crippen LogP contribution is 2.49. The van der Waals surface area contributed by atoms with Crippen molar-refractivity contribution in [1.29, 1.82) is 0 Å². The molecule has 0 radical (unpaired) electrons. The number of halogens is 1. The van der Waals surface area contributed by atoms with Gasteiger partial charge in [-0.05, 0) is 37.0 Å². The third kappa shape index (κ3) is 3.29. The highest BCUT2D eigenvalue weighted by molar-refractivity contribution is 8.93. The maximum Gasteiger partial charge on any atom is 0.231 e. The van der Waals surface area contributed by atoms with Crippen LogP contribution in [0.3, 0.4) is 0 Å². The van der Waals surface area contributed by atoms with E-state index >= 15 is 0 Å². The van der Waals surface area contributed by atoms with E-state index in [9.17, 15) is 5.11 Å². The lowest BCUT2D eigenvalue weighted by Gasteiger charge is -2.39. The molecule has 7 heteroatoms. The summed E-state index contributed by atoms with van der Waals surface area (Å²) in [7, 11) is 0. The predicted octanol–water partition coefficient (Wildman–Crippen LogP) is 3.95. The molecule has 5 nitrogen and oxygen atoms in total. The van der Waals surface area contributed by atoms with Crippen LogP contribution in [0.15, 0.2) is 53.5 Å². The van der Waals surface area contributed by atoms with Crippen molar-refractivity contribution < 1.29 is 14.6 Å². The standard InChI is InChI=1S/C21H22N2O3S.BrH/c24-21(16-8-9-17-18(13-16)26-14-25-17)19(10-7-15-5-2-1-3-6-15)27-20-22-11-4-12-23(20)21;/h1-3,5-6,8-9,13,19,24H,4,7,10-12,14H2;1H. The summed E-state index contributed by atoms with van der Waals surface area (Å²) in [6, 6.07) is 16.2. The molecule has 0 saturated carbocycles. The van der Waals surface area contributed by atoms with Gasteiger partial charge >= 0.3 is 0 Å². The number of rotatable bonds is 4. The highest BCUT2D eigenvalue weighted by atomic mass is 79.9. The summed E-state index contributed by atoms with van der Waals surface area (Å²) in [6.07, 6.45) is 2.75. The molecular formula is C21H23BrN2O3S. The molecule has 1 N–H and O–H groups in total. The van der Waals surface area contributed by atoms with E-state index in [4.69, 9.17) is 9.47 Å². The van der Waals surface area contributed by atoms with Crippen LogP contribution in [0.4, 0.5) is 0 Å². The van der Waals surface area contributed by atoms with Crippen molar-refractivity contribution in [3.63, 3.8) is 0 Å². The Hall–Kier alpha value is -1.70. The largest absolute Gasteiger partial charge is 0.454 e. The van der Waals surface area contributed by atoms with Gasteiger partial charge in [-0.2, -0.15) is 0 Å². The number of aliphatic hydroxyl groups is 1. The second-order valence-electron chi connectivity index (χ2n) is 7.09. The smallest absolute Gasteiger partial charge is 0.231 e. The highest BCUT2D eigenvalue weighted by Gasteiger charge is 2.53. The zero-order valence-corrected chi connectivity index (χ0v) is 17.9. The molecule has 0 bridgehead atoms. The fourth-order valence-corrected chi connectivity index (χ4v) is 5.50. The van der Waals surface area contributed by atoms with Gasteiger partial charge in [0.2, 0.25) is 6.79 Å². The average Bonchev–Trinajstić information content (AvgIpc) is 3.30. The first kappa shape index (κ1) is 19.6. The lowest BCUT2D eigenvalue weighted by Crippen LogP contribution is -2.50. The van der Waals surface area contributed by atoms with Crippen LogP contribution < -0.4 is 9.47 Å². The predicted molar refractivity (Wildman–Crippen MR) is 117 cm³/mol. The molecule has 3 aliphatic rings. The van der Waals surface area contributed by atoms with Gasteiger partial charge in [-0.3, -0.25) is 4.99 Å². The van der Waals surface area contributed by atoms with Gasteiger partial charge in [0.1, 0.15) is 0 Å². The molecule has 1 saturated heterocycles. The monoisotopic (exact) mass is 462 g/mol. The molecule has 3 heterocycles. The second-order valence-corrected chi connectivity index (χ2v) is 8.26. The number of benzene rings is 2. The summed E-state index contributed by atoms with van der Waals surface area (Å²) < 4.78 is 11.0. The summed E-state index contributed by atoms with van der Waals surface area (Å²) >= 11 is 1.70. The molecule has 1 fully saturated rings. The Kier molecular flexibility index (Phi) is 5.58. The van der Waals surface area contributed by atoms with Crippen LogP contribution in [0.1, 0.15) is 24.0 Å². The van der Waals surface area contributed by atoms with E-state index in [2.05, 4.69) is 34.2 Å². The summed E-state index contributed by atoms with van der Waals surface area (Å²) in [6.45, 7) is 1.89. The Morgan fingerprint density at radius 3 is 2.82 bits per heavy atom. The summed E-state index contributed by atoms with van der Waals surface area (Å²) in [5.41, 5.74) is 1.06. The molecule has 2 atom stereocenters. The SMILES string of the molecule is Br.OC1(c2ccc3c(c2)OCO3)C(CCc2ccccc2)SC2=NCCCN21. The van der Waals surface area contributed by atoms with Crippen LogP contribution in [0.25, 0.3) is 0 Å². The Bertz CT molecular complexity index is 879. The minimum Gasteiger partial charge on any atom is -0.454 e. The van der Waals surface area contributed by atoms with Crippen LogP contribution in [0, 0.1) is 0 Å². The van der Waals surface area contributed by atoms with E-state index in [1.54, 1.807) is 11.8 Å². The van der Waals surface area contributed by atoms with Crippen molar-refractivity contribution in [2.24, 2.45) is 4.99 Å². The van der Waals surface area contributed by atoms with Gasteiger partial charge in [-0.1, -0.05) is 48.2 Å². The molecule has 2 unspecified atom stereocenters. The molecule has 2 aromatic rings. The van der Waals surface area contributed by atoms with Crippen molar-refractivity contribution in [3.8, 4) is 11.5 Å². The Morgan fingerprint density at radius 2 is 1.96 bits per heavy atom. The number of fused-ring (bicyclic) bond motifs is 2. The first-order valence-electron chi connectivity index (χ1n) is 9.40. The van der Waals surface area contributed by atoms with Crippen LogP contribution in [-0.2, 0) is 12.1 Å². The number of hydrogen-bond acceptors (Lipinski definition) is 6. The molecule has 0 amide bonds. The van der Waals surface area contributed by atoms with Gasteiger partial charge in [-0.25, -0.2) is 0 Å². The van der Waals surface area contributed by atoms with Crippen LogP contribution in [0.5, 0.6) is 11.5 Å². The second kappa shape index (κ2) is 7.97. The fraction of sp³-hybridized carbons (Fsp3) is 0.381. The number of amidine groups is 1. The Labute approximate surface area is 179 Å². The molecule has 2 aromatic carbocycles. The third-order valence-corrected chi connectivity index (χ3v) is 6.87. The summed E-state index contributed by atoms with van der Waals surface area (Å²) in [4.78, 5) is 6.76. The molecule has 0 aliphatic carbocycles. The number of ether oxygens (including phenoxy) is 2. The number of nitrogens with zero attached hydrogens (tertiary/aromatic N) is 2. The minimum atomic E-state index is -1.08. The van der Waals surface area contributed by atoms with Crippen molar-refractivity contribution in [2.75, 3.05) is 19.9 Å². The summed E-state index contributed by atoms with van der Waals surface area (Å²) in [5, 5.41) is 12.9. The van der Waals surface area contributed by atoms with Gasteiger partial charge in [0.15, 0.2) is 22.4 Å². The van der Waals surface area contributed by atoms with E-state index in [1.165, 1.54) is 5.56 Å². The van der Waals surface area contributed by atoms with E-state index < -0.39 is 5.72 Å². The first-order chi connectivity index (χ1) is 13.2. The summed E-state index contributed by atoms with van der Waals surface area (Å²) in [5.74, 6) is 1.44. The number of hydrogen-bond donors (Lipinski definition) is 1. The van der Waals surface area contributed by atoms with Crippen LogP contribution >= 0.6 is 28.7 Å². The Morgan fingerprint density at radius 1 is 1.14 bits per heavy atom. The van der Waals surface area contributed by atoms with Crippen molar-refractivity contribution >= 4 is 33.9 Å². The normalized spacial score (nSPS) is 25.1. The topological polar surface area (TPSA) is 54.3 Å². The quantitative estimate of drug-likeness (QED) is 0.745. The molecule has 0 spiro atoms. The molecular weight excluding hydrogens is 440 g/mol. The molecule has 148 valence electrons. The van der Waals surface area contributed by atoms with Crippen LogP contribution in [-0.4, -0.2) is 40.3 Å². The van der Waals surface area contributed by atoms with Crippen LogP contribution in [0.2, 0.25) is 0 Å². The van der Waals surface area contributed by atoms with E-state index in [0.717, 1.165) is 48.8 Å². The van der Waals surface area contributed by atoms with Crippen molar-refractivity contribution in [1.82, 2.24) is 4.90 Å². The van der Waals surface area contributed by atoms with Gasteiger partial charge in [0.05, 0.1) is 5.25 Å². The first-order valence-corrected chi connectivity index (χ1v) is 10.3. The van der Waals surface area contributed by atoms with Gasteiger partial charge < -0.3 is 19.5 Å². The average molecular weight is 463 g/mol. The Balaban J connectivity index is 0.00000192. The molecule has 28 heavy (non-hydrogen) atoms. The van der Waals surface area contributed by atoms with Gasteiger partial charge in [0.25, 0.3) is 0 Å². The van der Waals surface area contributed by atoms with E-state index in [0.29, 0.717) is 5.75 Å². The fourth-order valence-electron chi connectivity index (χ4n) is 4.05. The number of thioether (sulfide) groups is 1. The molecule has 3 aliphatic heterocycles. The third-order valence-electron chi connectivity index (χ3n) is 5.46. The zero-order chi connectivity index (χ0) is 18.3. The van der Waals surface area contributed by atoms with E-state index in [1.807, 2.05) is 24.3 Å². The minimum absolute atomic E-state index is 0. The molecule has 5 rings (SSSR count). The van der Waals surface area contributed by atoms with Crippen molar-refractivity contribution in [3.05, 3.63) is 59.7 Å². The van der Waals surface area contributed by atoms with E-state index in [-0.39, 0.29) is 29.0 Å². The number of aliphatic imine (C=N–C) groups is 1. The molecule has 0 aromatic heterocycles. The lowest BCUT2D eigenvalue weighted by molar-refractivity contribution is -0.0735. The maximum atomic E-state index is 12.0. The van der Waals surface area contributed by atoms with Crippen molar-refractivity contribution in [2.45, 2.75) is 30.2 Å². The maximum absolute atomic E-state index is 12.0. The number of aryl methyl sites for hydroxylation is 1. The van der Waals surface area contributed by atoms with Gasteiger partial charge in [-0.15, -0.1) is 17.0 Å². The lowest BCUT2D eigenvalue weighted by atomic mass is 9.92.